The van der Waals surface area contributed by atoms with Gasteiger partial charge in [0.25, 0.3) is 5.91 Å². The Hall–Kier alpha value is -0.830. The maximum Gasteiger partial charge on any atom is 0.251 e. The van der Waals surface area contributed by atoms with Crippen molar-refractivity contribution in [2.75, 3.05) is 5.33 Å². The summed E-state index contributed by atoms with van der Waals surface area (Å²) >= 11 is 3.41. The van der Waals surface area contributed by atoms with Crippen molar-refractivity contribution in [1.82, 2.24) is 5.32 Å². The van der Waals surface area contributed by atoms with Crippen LogP contribution < -0.4 is 5.32 Å². The molecule has 1 N–H and O–H groups in total. The highest BCUT2D eigenvalue weighted by molar-refractivity contribution is 9.09. The summed E-state index contributed by atoms with van der Waals surface area (Å²) in [6, 6.07) is 6.23. The summed E-state index contributed by atoms with van der Waals surface area (Å²) in [5.41, 5.74) is 2.94. The van der Waals surface area contributed by atoms with Gasteiger partial charge in [-0.1, -0.05) is 40.5 Å². The molecule has 3 heteroatoms. The van der Waals surface area contributed by atoms with Gasteiger partial charge in [-0.2, -0.15) is 0 Å². The van der Waals surface area contributed by atoms with Gasteiger partial charge in [-0.3, -0.25) is 4.79 Å². The molecular weight excluding hydrogens is 278 g/mol. The minimum absolute atomic E-state index is 0.0407. The Morgan fingerprint density at radius 1 is 1.41 bits per heavy atom. The minimum Gasteiger partial charge on any atom is -0.349 e. The molecule has 0 spiro atoms. The first-order valence-corrected chi connectivity index (χ1v) is 7.14. The summed E-state index contributed by atoms with van der Waals surface area (Å²) in [6.07, 6.45) is 1.93. The normalized spacial score (nSPS) is 12.2. The Kier molecular flexibility index (Phi) is 5.69. The lowest BCUT2D eigenvalue weighted by Gasteiger charge is -2.16. The fourth-order valence-electron chi connectivity index (χ4n) is 1.75. The molecule has 0 aliphatic carbocycles. The number of halogens is 1. The van der Waals surface area contributed by atoms with Gasteiger partial charge < -0.3 is 5.32 Å². The lowest BCUT2D eigenvalue weighted by molar-refractivity contribution is 0.0934. The zero-order valence-corrected chi connectivity index (χ0v) is 12.3. The van der Waals surface area contributed by atoms with Crippen molar-refractivity contribution in [3.05, 3.63) is 34.9 Å². The smallest absolute Gasteiger partial charge is 0.251 e. The summed E-state index contributed by atoms with van der Waals surface area (Å²) in [6.45, 7) is 6.07. The van der Waals surface area contributed by atoms with E-state index in [9.17, 15) is 4.79 Å². The Labute approximate surface area is 112 Å². The molecule has 0 radical (unpaired) electrons. The van der Waals surface area contributed by atoms with Crippen molar-refractivity contribution in [2.45, 2.75) is 39.7 Å². The third-order valence-corrected chi connectivity index (χ3v) is 3.38. The topological polar surface area (TPSA) is 29.1 Å². The van der Waals surface area contributed by atoms with E-state index in [4.69, 9.17) is 0 Å². The lowest BCUT2D eigenvalue weighted by atomic mass is 10.0. The van der Waals surface area contributed by atoms with E-state index in [0.29, 0.717) is 0 Å². The number of rotatable bonds is 5. The molecule has 0 fully saturated rings. The van der Waals surface area contributed by atoms with Crippen LogP contribution in [0.4, 0.5) is 0 Å². The van der Waals surface area contributed by atoms with E-state index in [-0.39, 0.29) is 11.9 Å². The van der Waals surface area contributed by atoms with Crippen LogP contribution in [0, 0.1) is 13.8 Å². The molecule has 0 bridgehead atoms. The van der Waals surface area contributed by atoms with Gasteiger partial charge in [0.2, 0.25) is 0 Å². The van der Waals surface area contributed by atoms with Gasteiger partial charge in [0.05, 0.1) is 0 Å². The van der Waals surface area contributed by atoms with E-state index >= 15 is 0 Å². The van der Waals surface area contributed by atoms with E-state index < -0.39 is 0 Å². The molecule has 2 nitrogen and oxygen atoms in total. The average Bonchev–Trinajstić information content (AvgIpc) is 2.31. The molecule has 0 heterocycles. The highest BCUT2D eigenvalue weighted by Gasteiger charge is 2.13. The molecule has 1 unspecified atom stereocenters. The molecule has 0 aromatic heterocycles. The van der Waals surface area contributed by atoms with Crippen molar-refractivity contribution in [1.29, 1.82) is 0 Å². The monoisotopic (exact) mass is 297 g/mol. The van der Waals surface area contributed by atoms with Gasteiger partial charge in [0.1, 0.15) is 0 Å². The SMILES string of the molecule is CCC(CCBr)NC(=O)c1cc(C)ccc1C. The molecule has 0 saturated carbocycles. The van der Waals surface area contributed by atoms with Crippen LogP contribution in [0.5, 0.6) is 0 Å². The van der Waals surface area contributed by atoms with Gasteiger partial charge >= 0.3 is 0 Å². The number of hydrogen-bond donors (Lipinski definition) is 1. The van der Waals surface area contributed by atoms with E-state index in [1.165, 1.54) is 0 Å². The maximum absolute atomic E-state index is 12.1. The summed E-state index contributed by atoms with van der Waals surface area (Å²) in [5.74, 6) is 0.0407. The number of hydrogen-bond acceptors (Lipinski definition) is 1. The van der Waals surface area contributed by atoms with Crippen LogP contribution in [0.15, 0.2) is 18.2 Å². The third-order valence-electron chi connectivity index (χ3n) is 2.92. The van der Waals surface area contributed by atoms with E-state index in [0.717, 1.165) is 34.9 Å². The first-order chi connectivity index (χ1) is 8.08. The van der Waals surface area contributed by atoms with Crippen LogP contribution >= 0.6 is 15.9 Å². The van der Waals surface area contributed by atoms with Crippen LogP contribution in [-0.4, -0.2) is 17.3 Å². The van der Waals surface area contributed by atoms with Crippen molar-refractivity contribution in [2.24, 2.45) is 0 Å². The largest absolute Gasteiger partial charge is 0.349 e. The molecule has 94 valence electrons. The average molecular weight is 298 g/mol. The molecule has 0 saturated heterocycles. The standard InChI is InChI=1S/C14H20BrNO/c1-4-12(7-8-15)16-14(17)13-9-10(2)5-6-11(13)3/h5-6,9,12H,4,7-8H2,1-3H3,(H,16,17). The van der Waals surface area contributed by atoms with Crippen LogP contribution in [0.1, 0.15) is 41.3 Å². The van der Waals surface area contributed by atoms with Crippen LogP contribution in [0.3, 0.4) is 0 Å². The van der Waals surface area contributed by atoms with Crippen LogP contribution in [-0.2, 0) is 0 Å². The second-order valence-corrected chi connectivity index (χ2v) is 5.17. The summed E-state index contributed by atoms with van der Waals surface area (Å²) in [7, 11) is 0. The van der Waals surface area contributed by atoms with E-state index in [1.807, 2.05) is 32.0 Å². The highest BCUT2D eigenvalue weighted by Crippen LogP contribution is 2.11. The fourth-order valence-corrected chi connectivity index (χ4v) is 2.31. The van der Waals surface area contributed by atoms with Gasteiger partial charge in [-0.25, -0.2) is 0 Å². The van der Waals surface area contributed by atoms with Crippen molar-refractivity contribution in [3.8, 4) is 0 Å². The first kappa shape index (κ1) is 14.2. The quantitative estimate of drug-likeness (QED) is 0.827. The first-order valence-electron chi connectivity index (χ1n) is 6.02. The lowest BCUT2D eigenvalue weighted by Crippen LogP contribution is -2.35. The van der Waals surface area contributed by atoms with Gasteiger partial charge in [0.15, 0.2) is 0 Å². The Balaban J connectivity index is 2.78. The number of alkyl halides is 1. The number of benzene rings is 1. The van der Waals surface area contributed by atoms with Gasteiger partial charge in [0, 0.05) is 16.9 Å². The number of carbonyl (C=O) groups excluding carboxylic acids is 1. The molecule has 0 aliphatic heterocycles. The Morgan fingerprint density at radius 3 is 2.71 bits per heavy atom. The summed E-state index contributed by atoms with van der Waals surface area (Å²) in [4.78, 5) is 12.1. The molecule has 1 rings (SSSR count). The minimum atomic E-state index is 0.0407. The van der Waals surface area contributed by atoms with E-state index in [2.05, 4.69) is 28.2 Å². The molecule has 1 aromatic rings. The third kappa shape index (κ3) is 4.15. The molecule has 1 atom stereocenters. The second kappa shape index (κ2) is 6.80. The molecule has 1 aromatic carbocycles. The van der Waals surface area contributed by atoms with Crippen molar-refractivity contribution >= 4 is 21.8 Å². The molecule has 0 aliphatic rings. The number of amides is 1. The Morgan fingerprint density at radius 2 is 2.12 bits per heavy atom. The zero-order valence-electron chi connectivity index (χ0n) is 10.7. The molecule has 1 amide bonds. The number of carbonyl (C=O) groups is 1. The predicted molar refractivity (Wildman–Crippen MR) is 75.9 cm³/mol. The molecule has 17 heavy (non-hydrogen) atoms. The van der Waals surface area contributed by atoms with Gasteiger partial charge in [-0.15, -0.1) is 0 Å². The summed E-state index contributed by atoms with van der Waals surface area (Å²) in [5, 5.41) is 4.00. The van der Waals surface area contributed by atoms with E-state index in [1.54, 1.807) is 0 Å². The van der Waals surface area contributed by atoms with Crippen LogP contribution in [0.25, 0.3) is 0 Å². The van der Waals surface area contributed by atoms with Crippen LogP contribution in [0.2, 0.25) is 0 Å². The van der Waals surface area contributed by atoms with Crippen molar-refractivity contribution < 1.29 is 4.79 Å². The predicted octanol–water partition coefficient (Wildman–Crippen LogP) is 3.60. The maximum atomic E-state index is 12.1. The van der Waals surface area contributed by atoms with Crippen molar-refractivity contribution in [3.63, 3.8) is 0 Å². The number of aryl methyl sites for hydroxylation is 2. The molecular formula is C14H20BrNO. The highest BCUT2D eigenvalue weighted by atomic mass is 79.9. The second-order valence-electron chi connectivity index (χ2n) is 4.37. The van der Waals surface area contributed by atoms with Gasteiger partial charge in [-0.05, 0) is 38.3 Å². The summed E-state index contributed by atoms with van der Waals surface area (Å²) < 4.78 is 0. The number of nitrogens with one attached hydrogen (secondary N) is 1. The zero-order chi connectivity index (χ0) is 12.8. The fraction of sp³-hybridized carbons (Fsp3) is 0.500. The Bertz CT molecular complexity index is 390.